The second-order valence-electron chi connectivity index (χ2n) is 15.0. The SMILES string of the molecule is NC(N)=NCCC[C@H](NC(=O)[C@]12C(=O)C1(C(=O)OCc1ccccc1)CCN2C12CCCCC1CCCNC2)C(=O)c1cc2c(COC=O)c(c1)C(=O)N2. The van der Waals surface area contributed by atoms with E-state index in [1.165, 1.54) is 12.1 Å². The second-order valence-corrected chi connectivity index (χ2v) is 15.0. The van der Waals surface area contributed by atoms with E-state index in [4.69, 9.17) is 20.9 Å². The Kier molecular flexibility index (Phi) is 10.3. The van der Waals surface area contributed by atoms with E-state index in [1.54, 1.807) is 0 Å². The molecule has 2 saturated carbocycles. The maximum Gasteiger partial charge on any atom is 0.323 e. The number of Topliss-reactive ketones (excluding diaryl/α,β-unsaturated/α-hetero) is 2. The molecule has 2 aliphatic carbocycles. The van der Waals surface area contributed by atoms with Gasteiger partial charge in [-0.15, -0.1) is 0 Å². The lowest BCUT2D eigenvalue weighted by Gasteiger charge is -2.52. The van der Waals surface area contributed by atoms with E-state index < -0.39 is 51.9 Å². The summed E-state index contributed by atoms with van der Waals surface area (Å²) in [4.78, 5) is 88.1. The van der Waals surface area contributed by atoms with Gasteiger partial charge in [0, 0.05) is 47.6 Å². The molecule has 5 aliphatic rings. The third kappa shape index (κ3) is 6.12. The number of anilines is 1. The number of carbonyl (C=O) groups is 6. The minimum absolute atomic E-state index is 0.0566. The normalized spacial score (nSPS) is 27.4. The van der Waals surface area contributed by atoms with Crippen LogP contribution in [0.3, 0.4) is 0 Å². The first-order chi connectivity index (χ1) is 26.1. The lowest BCUT2D eigenvalue weighted by Crippen LogP contribution is -2.67. The molecule has 15 heteroatoms. The predicted molar refractivity (Wildman–Crippen MR) is 196 cm³/mol. The average Bonchev–Trinajstić information content (AvgIpc) is 3.54. The molecule has 15 nitrogen and oxygen atoms in total. The number of likely N-dealkylation sites (tertiary alicyclic amines) is 1. The molecule has 2 bridgehead atoms. The van der Waals surface area contributed by atoms with Crippen LogP contribution in [-0.4, -0.2) is 90.0 Å². The monoisotopic (exact) mass is 741 g/mol. The van der Waals surface area contributed by atoms with Crippen LogP contribution >= 0.6 is 0 Å². The molecule has 54 heavy (non-hydrogen) atoms. The van der Waals surface area contributed by atoms with Gasteiger partial charge in [0.2, 0.25) is 0 Å². The summed E-state index contributed by atoms with van der Waals surface area (Å²) in [5, 5.41) is 9.20. The largest absolute Gasteiger partial charge is 0.463 e. The van der Waals surface area contributed by atoms with Gasteiger partial charge < -0.3 is 36.9 Å². The van der Waals surface area contributed by atoms with Crippen LogP contribution < -0.4 is 27.4 Å². The molecule has 4 fully saturated rings. The van der Waals surface area contributed by atoms with Crippen LogP contribution in [0.25, 0.3) is 0 Å². The van der Waals surface area contributed by atoms with Gasteiger partial charge in [-0.2, -0.15) is 0 Å². The quantitative estimate of drug-likeness (QED) is 0.0335. The number of fused-ring (bicyclic) bond motifs is 4. The van der Waals surface area contributed by atoms with E-state index in [0.717, 1.165) is 50.6 Å². The number of hydrogen-bond donors (Lipinski definition) is 5. The zero-order valence-electron chi connectivity index (χ0n) is 30.2. The predicted octanol–water partition coefficient (Wildman–Crippen LogP) is 1.72. The van der Waals surface area contributed by atoms with Gasteiger partial charge in [0.05, 0.1) is 6.04 Å². The number of carbonyl (C=O) groups excluding carboxylic acids is 6. The number of esters is 1. The summed E-state index contributed by atoms with van der Waals surface area (Å²) < 4.78 is 10.7. The van der Waals surface area contributed by atoms with Gasteiger partial charge in [-0.25, -0.2) is 0 Å². The van der Waals surface area contributed by atoms with Crippen molar-refractivity contribution in [2.75, 3.05) is 31.5 Å². The summed E-state index contributed by atoms with van der Waals surface area (Å²) in [7, 11) is 0. The van der Waals surface area contributed by atoms with Gasteiger partial charge >= 0.3 is 5.97 Å². The number of ether oxygens (including phenoxy) is 2. The molecule has 0 aromatic heterocycles. The molecule has 7 N–H and O–H groups in total. The van der Waals surface area contributed by atoms with Crippen molar-refractivity contribution in [3.05, 3.63) is 64.7 Å². The summed E-state index contributed by atoms with van der Waals surface area (Å²) >= 11 is 0. The van der Waals surface area contributed by atoms with Crippen molar-refractivity contribution in [2.45, 2.75) is 88.1 Å². The third-order valence-electron chi connectivity index (χ3n) is 12.2. The van der Waals surface area contributed by atoms with Crippen LogP contribution in [0, 0.1) is 11.3 Å². The Balaban J connectivity index is 1.25. The fourth-order valence-electron chi connectivity index (χ4n) is 9.67. The Bertz CT molecular complexity index is 1880. The van der Waals surface area contributed by atoms with E-state index in [0.29, 0.717) is 30.8 Å². The highest BCUT2D eigenvalue weighted by Crippen LogP contribution is 2.67. The number of benzene rings is 2. The van der Waals surface area contributed by atoms with Gasteiger partial charge in [0.1, 0.15) is 13.2 Å². The molecule has 2 saturated heterocycles. The maximum absolute atomic E-state index is 15.1. The molecule has 2 aromatic carbocycles. The van der Waals surface area contributed by atoms with Gasteiger partial charge in [-0.3, -0.25) is 38.7 Å². The van der Waals surface area contributed by atoms with Crippen molar-refractivity contribution in [3.63, 3.8) is 0 Å². The van der Waals surface area contributed by atoms with Crippen LogP contribution in [0.15, 0.2) is 47.5 Å². The minimum atomic E-state index is -1.88. The number of nitrogens with zero attached hydrogens (tertiary/aromatic N) is 2. The van der Waals surface area contributed by atoms with Crippen molar-refractivity contribution in [2.24, 2.45) is 27.8 Å². The smallest absolute Gasteiger partial charge is 0.323 e. The van der Waals surface area contributed by atoms with Crippen LogP contribution in [0.5, 0.6) is 0 Å². The number of aliphatic imine (C=N–C) groups is 1. The molecule has 3 unspecified atom stereocenters. The number of ketones is 2. The van der Waals surface area contributed by atoms with E-state index in [2.05, 4.69) is 20.9 Å². The summed E-state index contributed by atoms with van der Waals surface area (Å²) in [5.41, 5.74) is 8.72. The zero-order chi connectivity index (χ0) is 38.1. The Morgan fingerprint density at radius 3 is 2.61 bits per heavy atom. The highest BCUT2D eigenvalue weighted by atomic mass is 16.5. The van der Waals surface area contributed by atoms with Crippen molar-refractivity contribution in [3.8, 4) is 0 Å². The molecule has 2 amide bonds. The average molecular weight is 742 g/mol. The van der Waals surface area contributed by atoms with Crippen molar-refractivity contribution in [1.29, 1.82) is 0 Å². The van der Waals surface area contributed by atoms with Gasteiger partial charge in [-0.1, -0.05) is 43.2 Å². The van der Waals surface area contributed by atoms with Gasteiger partial charge in [0.25, 0.3) is 18.3 Å². The summed E-state index contributed by atoms with van der Waals surface area (Å²) in [6, 6.07) is 10.9. The van der Waals surface area contributed by atoms with Crippen molar-refractivity contribution >= 4 is 47.5 Å². The second kappa shape index (κ2) is 14.9. The number of nitrogens with two attached hydrogens (primary N) is 2. The maximum atomic E-state index is 15.1. The number of piperidine rings is 1. The molecule has 286 valence electrons. The zero-order valence-corrected chi connectivity index (χ0v) is 30.2. The number of nitrogens with one attached hydrogen (secondary N) is 3. The van der Waals surface area contributed by atoms with Gasteiger partial charge in [-0.05, 0) is 75.1 Å². The fraction of sp³-hybridized carbons (Fsp3) is 0.513. The first kappa shape index (κ1) is 37.2. The van der Waals surface area contributed by atoms with Crippen LogP contribution in [0.4, 0.5) is 5.69 Å². The Hall–Kier alpha value is -5.15. The van der Waals surface area contributed by atoms with E-state index in [9.17, 15) is 24.0 Å². The molecule has 2 aromatic rings. The fourth-order valence-corrected chi connectivity index (χ4v) is 9.67. The van der Waals surface area contributed by atoms with E-state index >= 15 is 4.79 Å². The minimum Gasteiger partial charge on any atom is -0.463 e. The molecular formula is C39H47N7O8. The van der Waals surface area contributed by atoms with E-state index in [-0.39, 0.29) is 62.1 Å². The molecule has 0 radical (unpaired) electrons. The number of amides is 2. The molecule has 3 heterocycles. The standard InChI is InChI=1S/C39H47N7O8/c40-36(41)43-16-7-12-29(31(48)25-18-27-28(21-53-23-47)30(19-25)44-32(27)49)45-34(51)39-33(50)38(39,35(52)54-20-24-8-2-1-3-9-24)14-17-46(39)37-13-5-4-10-26(37)11-6-15-42-22-37/h1-3,8-9,18-19,23,26,29,42H,4-7,10-17,20-22H2,(H,44,49)(H,45,51)(H4,40,41,43)/t26?,29-,37?,38?,39+/m0/s1. The highest BCUT2D eigenvalue weighted by Gasteiger charge is 2.92. The first-order valence-electron chi connectivity index (χ1n) is 18.8. The number of rotatable bonds is 15. The van der Waals surface area contributed by atoms with Crippen molar-refractivity contribution < 1.29 is 38.2 Å². The van der Waals surface area contributed by atoms with Crippen LogP contribution in [0.1, 0.15) is 89.6 Å². The lowest BCUT2D eigenvalue weighted by molar-refractivity contribution is -0.155. The summed E-state index contributed by atoms with van der Waals surface area (Å²) in [6.45, 7) is 1.95. The Morgan fingerprint density at radius 1 is 1.06 bits per heavy atom. The number of hydrogen-bond acceptors (Lipinski definition) is 11. The summed E-state index contributed by atoms with van der Waals surface area (Å²) in [6.07, 6.45) is 6.08. The lowest BCUT2D eigenvalue weighted by atomic mass is 9.69. The molecule has 7 rings (SSSR count). The molecule has 5 atom stereocenters. The summed E-state index contributed by atoms with van der Waals surface area (Å²) in [5.74, 6) is -2.85. The van der Waals surface area contributed by atoms with E-state index in [1.807, 2.05) is 35.2 Å². The molecule has 0 spiro atoms. The molecule has 3 aliphatic heterocycles. The highest BCUT2D eigenvalue weighted by molar-refractivity contribution is 6.38. The van der Waals surface area contributed by atoms with Crippen LogP contribution in [-0.2, 0) is 41.9 Å². The Labute approximate surface area is 312 Å². The van der Waals surface area contributed by atoms with Gasteiger partial charge in [0.15, 0.2) is 28.5 Å². The number of guanidine groups is 1. The van der Waals surface area contributed by atoms with Crippen molar-refractivity contribution in [1.82, 2.24) is 15.5 Å². The van der Waals surface area contributed by atoms with Crippen LogP contribution in [0.2, 0.25) is 0 Å². The Morgan fingerprint density at radius 2 is 1.85 bits per heavy atom. The third-order valence-corrected chi connectivity index (χ3v) is 12.2. The molecular weight excluding hydrogens is 694 g/mol. The topological polar surface area (TPSA) is 225 Å². The first-order valence-corrected chi connectivity index (χ1v) is 18.8.